The molecule has 0 fully saturated rings. The van der Waals surface area contributed by atoms with Crippen LogP contribution in [0.15, 0.2) is 48.5 Å². The van der Waals surface area contributed by atoms with Gasteiger partial charge >= 0.3 is 5.97 Å². The van der Waals surface area contributed by atoms with E-state index in [0.717, 1.165) is 5.56 Å². The van der Waals surface area contributed by atoms with Crippen molar-refractivity contribution in [1.82, 2.24) is 4.90 Å². The lowest BCUT2D eigenvalue weighted by Crippen LogP contribution is -2.35. The normalized spacial score (nSPS) is 14.8. The lowest BCUT2D eigenvalue weighted by atomic mass is 10.1. The average Bonchev–Trinajstić information content (AvgIpc) is 3.10. The number of aliphatic carboxylic acids is 1. The third-order valence-electron chi connectivity index (χ3n) is 4.31. The first-order valence-electron chi connectivity index (χ1n) is 8.64. The molecule has 0 aliphatic carbocycles. The maximum atomic E-state index is 12.5. The second-order valence-electron chi connectivity index (χ2n) is 6.20. The maximum Gasteiger partial charge on any atom is 0.323 e. The molecule has 2 aromatic rings. The highest BCUT2D eigenvalue weighted by Gasteiger charge is 2.29. The molecule has 1 aliphatic heterocycles. The number of anilines is 1. The summed E-state index contributed by atoms with van der Waals surface area (Å²) in [5.74, 6) is -1.07. The van der Waals surface area contributed by atoms with Gasteiger partial charge in [0.1, 0.15) is 12.3 Å². The number of rotatable bonds is 6. The number of carbonyl (C=O) groups excluding carboxylic acids is 2. The number of carbonyl (C=O) groups is 3. The van der Waals surface area contributed by atoms with E-state index in [0.29, 0.717) is 23.4 Å². The van der Waals surface area contributed by atoms with Crippen LogP contribution in [0, 0.1) is 0 Å². The van der Waals surface area contributed by atoms with Gasteiger partial charge in [0.2, 0.25) is 0 Å². The Kier molecular flexibility index (Phi) is 5.40. The molecule has 1 atom stereocenters. The van der Waals surface area contributed by atoms with Gasteiger partial charge in [0, 0.05) is 24.2 Å². The molecule has 2 aromatic carbocycles. The molecule has 0 radical (unpaired) electrons. The van der Waals surface area contributed by atoms with E-state index < -0.39 is 18.0 Å². The van der Waals surface area contributed by atoms with Crippen LogP contribution in [0.1, 0.15) is 22.8 Å². The summed E-state index contributed by atoms with van der Waals surface area (Å²) >= 11 is 0. The summed E-state index contributed by atoms with van der Waals surface area (Å²) in [6.45, 7) is 1.61. The van der Waals surface area contributed by atoms with E-state index in [1.165, 1.54) is 11.0 Å². The molecule has 2 N–H and O–H groups in total. The van der Waals surface area contributed by atoms with Crippen LogP contribution in [-0.2, 0) is 16.0 Å². The number of fused-ring (bicyclic) bond motifs is 1. The number of likely N-dealkylation sites (N-methyl/N-ethyl adjacent to an activating group) is 1. The van der Waals surface area contributed by atoms with Crippen LogP contribution >= 0.6 is 0 Å². The topological polar surface area (TPSA) is 95.9 Å². The van der Waals surface area contributed by atoms with Crippen LogP contribution in [0.4, 0.5) is 5.69 Å². The molecule has 0 aromatic heterocycles. The van der Waals surface area contributed by atoms with Gasteiger partial charge in [0.25, 0.3) is 11.8 Å². The highest BCUT2D eigenvalue weighted by Crippen LogP contribution is 2.28. The van der Waals surface area contributed by atoms with Gasteiger partial charge in [-0.05, 0) is 36.8 Å². The van der Waals surface area contributed by atoms with Crippen molar-refractivity contribution < 1.29 is 24.2 Å². The van der Waals surface area contributed by atoms with Crippen LogP contribution < -0.4 is 10.1 Å². The molecule has 3 rings (SSSR count). The lowest BCUT2D eigenvalue weighted by Gasteiger charge is -2.19. The van der Waals surface area contributed by atoms with Crippen LogP contribution in [0.5, 0.6) is 5.75 Å². The van der Waals surface area contributed by atoms with Crippen molar-refractivity contribution in [3.63, 3.8) is 0 Å². The first-order chi connectivity index (χ1) is 13.0. The molecule has 1 heterocycles. The van der Waals surface area contributed by atoms with Crippen LogP contribution in [0.25, 0.3) is 0 Å². The minimum atomic E-state index is -1.08. The zero-order valence-corrected chi connectivity index (χ0v) is 14.8. The fourth-order valence-corrected chi connectivity index (χ4v) is 2.95. The number of carboxylic acids is 1. The molecule has 0 spiro atoms. The SMILES string of the molecule is CCN(CC(=O)O)C(=O)c1cccc(NC(=O)C2Cc3ccccc3O2)c1. The van der Waals surface area contributed by atoms with Crippen molar-refractivity contribution in [3.05, 3.63) is 59.7 Å². The number of hydrogen-bond donors (Lipinski definition) is 2. The molecule has 7 heteroatoms. The molecule has 2 amide bonds. The molecule has 0 saturated heterocycles. The second kappa shape index (κ2) is 7.90. The number of benzene rings is 2. The van der Waals surface area contributed by atoms with Crippen LogP contribution in [0.3, 0.4) is 0 Å². The van der Waals surface area contributed by atoms with Crippen molar-refractivity contribution >= 4 is 23.5 Å². The van der Waals surface area contributed by atoms with E-state index in [9.17, 15) is 14.4 Å². The third kappa shape index (κ3) is 4.25. The first-order valence-corrected chi connectivity index (χ1v) is 8.64. The van der Waals surface area contributed by atoms with Crippen LogP contribution in [0.2, 0.25) is 0 Å². The smallest absolute Gasteiger partial charge is 0.323 e. The summed E-state index contributed by atoms with van der Waals surface area (Å²) in [5, 5.41) is 11.7. The maximum absolute atomic E-state index is 12.5. The van der Waals surface area contributed by atoms with Gasteiger partial charge in [-0.25, -0.2) is 0 Å². The quantitative estimate of drug-likeness (QED) is 0.815. The summed E-state index contributed by atoms with van der Waals surface area (Å²) in [6.07, 6.45) is -0.135. The van der Waals surface area contributed by atoms with Crippen molar-refractivity contribution in [2.75, 3.05) is 18.4 Å². The number of para-hydroxylation sites is 1. The average molecular weight is 368 g/mol. The van der Waals surface area contributed by atoms with Crippen molar-refractivity contribution in [1.29, 1.82) is 0 Å². The molecule has 0 saturated carbocycles. The van der Waals surface area contributed by atoms with Crippen molar-refractivity contribution in [2.45, 2.75) is 19.4 Å². The molecule has 140 valence electrons. The molecular weight excluding hydrogens is 348 g/mol. The molecule has 0 bridgehead atoms. The number of ether oxygens (including phenoxy) is 1. The van der Waals surface area contributed by atoms with E-state index >= 15 is 0 Å². The third-order valence-corrected chi connectivity index (χ3v) is 4.31. The first kappa shape index (κ1) is 18.4. The van der Waals surface area contributed by atoms with Gasteiger partial charge in [-0.15, -0.1) is 0 Å². The second-order valence-corrected chi connectivity index (χ2v) is 6.20. The summed E-state index contributed by atoms with van der Waals surface area (Å²) in [4.78, 5) is 37.1. The van der Waals surface area contributed by atoms with Gasteiger partial charge < -0.3 is 20.1 Å². The Labute approximate surface area is 156 Å². The highest BCUT2D eigenvalue weighted by atomic mass is 16.5. The number of amides is 2. The van der Waals surface area contributed by atoms with E-state index in [1.807, 2.05) is 24.3 Å². The van der Waals surface area contributed by atoms with Crippen molar-refractivity contribution in [3.8, 4) is 5.75 Å². The molecular formula is C20H20N2O5. The predicted molar refractivity (Wildman–Crippen MR) is 98.8 cm³/mol. The van der Waals surface area contributed by atoms with Crippen molar-refractivity contribution in [2.24, 2.45) is 0 Å². The summed E-state index contributed by atoms with van der Waals surface area (Å²) in [7, 11) is 0. The minimum absolute atomic E-state index is 0.274. The van der Waals surface area contributed by atoms with Gasteiger partial charge in [-0.2, -0.15) is 0 Å². The van der Waals surface area contributed by atoms with E-state index in [-0.39, 0.29) is 19.0 Å². The Hall–Kier alpha value is -3.35. The van der Waals surface area contributed by atoms with Gasteiger partial charge in [0.15, 0.2) is 6.10 Å². The zero-order chi connectivity index (χ0) is 19.4. The Balaban J connectivity index is 1.68. The van der Waals surface area contributed by atoms with E-state index in [2.05, 4.69) is 5.32 Å². The Morgan fingerprint density at radius 3 is 2.67 bits per heavy atom. The molecule has 7 nitrogen and oxygen atoms in total. The molecule has 1 unspecified atom stereocenters. The van der Waals surface area contributed by atoms with Gasteiger partial charge in [-0.3, -0.25) is 14.4 Å². The van der Waals surface area contributed by atoms with Gasteiger partial charge in [-0.1, -0.05) is 24.3 Å². The van der Waals surface area contributed by atoms with E-state index in [1.54, 1.807) is 25.1 Å². The van der Waals surface area contributed by atoms with Crippen LogP contribution in [-0.4, -0.2) is 47.0 Å². The Morgan fingerprint density at radius 1 is 1.19 bits per heavy atom. The zero-order valence-electron chi connectivity index (χ0n) is 14.8. The number of nitrogens with one attached hydrogen (secondary N) is 1. The van der Waals surface area contributed by atoms with Gasteiger partial charge in [0.05, 0.1) is 0 Å². The predicted octanol–water partition coefficient (Wildman–Crippen LogP) is 2.18. The summed E-state index contributed by atoms with van der Waals surface area (Å²) in [5.41, 5.74) is 1.75. The highest BCUT2D eigenvalue weighted by molar-refractivity contribution is 5.99. The number of carboxylic acid groups (broad SMARTS) is 1. The molecule has 27 heavy (non-hydrogen) atoms. The summed E-state index contributed by atoms with van der Waals surface area (Å²) < 4.78 is 5.67. The number of hydrogen-bond acceptors (Lipinski definition) is 4. The monoisotopic (exact) mass is 368 g/mol. The standard InChI is InChI=1S/C20H20N2O5/c1-2-22(12-18(23)24)20(26)14-7-5-8-15(10-14)21-19(25)17-11-13-6-3-4-9-16(13)27-17/h3-10,17H,2,11-12H2,1H3,(H,21,25)(H,23,24). The fourth-order valence-electron chi connectivity index (χ4n) is 2.95. The number of nitrogens with zero attached hydrogens (tertiary/aromatic N) is 1. The Morgan fingerprint density at radius 2 is 1.96 bits per heavy atom. The van der Waals surface area contributed by atoms with E-state index in [4.69, 9.17) is 9.84 Å². The molecule has 1 aliphatic rings. The summed E-state index contributed by atoms with van der Waals surface area (Å²) in [6, 6.07) is 13.9. The Bertz CT molecular complexity index is 855. The largest absolute Gasteiger partial charge is 0.480 e. The fraction of sp³-hybridized carbons (Fsp3) is 0.250. The lowest BCUT2D eigenvalue weighted by molar-refractivity contribution is -0.137. The minimum Gasteiger partial charge on any atom is -0.480 e.